The molecular weight excluding hydrogens is 152 g/mol. The zero-order chi connectivity index (χ0) is 8.15. The van der Waals surface area contributed by atoms with Gasteiger partial charge in [0.25, 0.3) is 0 Å². The van der Waals surface area contributed by atoms with E-state index in [1.54, 1.807) is 6.92 Å². The van der Waals surface area contributed by atoms with Gasteiger partial charge in [-0.05, 0) is 12.8 Å². The third-order valence-electron chi connectivity index (χ3n) is 1.10. The summed E-state index contributed by atoms with van der Waals surface area (Å²) in [7, 11) is 0. The van der Waals surface area contributed by atoms with Gasteiger partial charge in [0.1, 0.15) is 5.38 Å². The molecule has 0 radical (unpaired) electrons. The lowest BCUT2D eigenvalue weighted by atomic mass is 10.1. The third-order valence-corrected chi connectivity index (χ3v) is 1.78. The molecule has 0 aromatic carbocycles. The first-order valence-corrected chi connectivity index (χ1v) is 3.84. The molecule has 10 heavy (non-hydrogen) atoms. The molecule has 0 spiro atoms. The van der Waals surface area contributed by atoms with Gasteiger partial charge < -0.3 is 4.74 Å². The van der Waals surface area contributed by atoms with Crippen LogP contribution in [0.5, 0.6) is 0 Å². The van der Waals surface area contributed by atoms with Crippen LogP contribution >= 0.6 is 11.6 Å². The zero-order valence-electron chi connectivity index (χ0n) is 6.56. The highest BCUT2D eigenvalue weighted by atomic mass is 35.5. The summed E-state index contributed by atoms with van der Waals surface area (Å²) in [4.78, 5) is 10.8. The molecule has 1 atom stereocenters. The number of alkyl halides is 1. The Labute approximate surface area is 66.5 Å². The van der Waals surface area contributed by atoms with E-state index >= 15 is 0 Å². The highest BCUT2D eigenvalue weighted by Crippen LogP contribution is 2.10. The number of carbonyl (C=O) groups excluding carboxylic acids is 1. The van der Waals surface area contributed by atoms with E-state index < -0.39 is 5.38 Å². The predicted molar refractivity (Wildman–Crippen MR) is 41.1 cm³/mol. The monoisotopic (exact) mass is 164 g/mol. The fourth-order valence-electron chi connectivity index (χ4n) is 0.494. The fraction of sp³-hybridized carbons (Fsp3) is 0.857. The van der Waals surface area contributed by atoms with Gasteiger partial charge in [-0.1, -0.05) is 13.8 Å². The van der Waals surface area contributed by atoms with Crippen molar-refractivity contribution in [2.45, 2.75) is 26.1 Å². The minimum Gasteiger partial charge on any atom is -0.465 e. The van der Waals surface area contributed by atoms with Crippen molar-refractivity contribution in [1.82, 2.24) is 0 Å². The Morgan fingerprint density at radius 2 is 2.10 bits per heavy atom. The summed E-state index contributed by atoms with van der Waals surface area (Å²) < 4.78 is 4.69. The Hall–Kier alpha value is -0.240. The van der Waals surface area contributed by atoms with Gasteiger partial charge in [0, 0.05) is 0 Å². The normalized spacial score (nSPS) is 13.3. The molecule has 0 bridgehead atoms. The zero-order valence-corrected chi connectivity index (χ0v) is 7.31. The van der Waals surface area contributed by atoms with E-state index in [1.165, 1.54) is 0 Å². The van der Waals surface area contributed by atoms with E-state index in [9.17, 15) is 4.79 Å². The van der Waals surface area contributed by atoms with Crippen LogP contribution in [0.1, 0.15) is 20.8 Å². The van der Waals surface area contributed by atoms with Crippen molar-refractivity contribution in [2.24, 2.45) is 5.92 Å². The molecule has 60 valence electrons. The van der Waals surface area contributed by atoms with Crippen LogP contribution in [0.15, 0.2) is 0 Å². The molecule has 0 aliphatic rings. The molecule has 0 N–H and O–H groups in total. The van der Waals surface area contributed by atoms with Gasteiger partial charge in [-0.2, -0.15) is 0 Å². The van der Waals surface area contributed by atoms with Crippen LogP contribution in [0.4, 0.5) is 0 Å². The minimum absolute atomic E-state index is 0.140. The Kier molecular flexibility index (Phi) is 4.45. The lowest BCUT2D eigenvalue weighted by Crippen LogP contribution is -2.22. The number of ether oxygens (including phenoxy) is 1. The second-order valence-corrected chi connectivity index (χ2v) is 2.87. The summed E-state index contributed by atoms with van der Waals surface area (Å²) >= 11 is 5.67. The summed E-state index contributed by atoms with van der Waals surface area (Å²) in [6.07, 6.45) is 0. The first-order chi connectivity index (χ1) is 4.59. The second-order valence-electron chi connectivity index (χ2n) is 2.40. The van der Waals surface area contributed by atoms with Crippen LogP contribution in [0.25, 0.3) is 0 Å². The minimum atomic E-state index is -0.500. The lowest BCUT2D eigenvalue weighted by Gasteiger charge is -2.10. The van der Waals surface area contributed by atoms with Crippen molar-refractivity contribution in [2.75, 3.05) is 6.61 Å². The predicted octanol–water partition coefficient (Wildman–Crippen LogP) is 1.81. The molecule has 2 nitrogen and oxygen atoms in total. The Balaban J connectivity index is 3.71. The number of hydrogen-bond donors (Lipinski definition) is 0. The Bertz CT molecular complexity index is 112. The average molecular weight is 165 g/mol. The van der Waals surface area contributed by atoms with Crippen molar-refractivity contribution in [3.8, 4) is 0 Å². The van der Waals surface area contributed by atoms with Gasteiger partial charge in [0.15, 0.2) is 0 Å². The number of halogens is 1. The summed E-state index contributed by atoms with van der Waals surface area (Å²) in [6, 6.07) is 0. The van der Waals surface area contributed by atoms with E-state index in [1.807, 2.05) is 13.8 Å². The molecule has 0 aromatic heterocycles. The molecule has 0 saturated heterocycles. The van der Waals surface area contributed by atoms with Crippen molar-refractivity contribution < 1.29 is 9.53 Å². The summed E-state index contributed by atoms with van der Waals surface area (Å²) in [5, 5.41) is -0.500. The van der Waals surface area contributed by atoms with Crippen LogP contribution < -0.4 is 0 Å². The third kappa shape index (κ3) is 3.06. The summed E-state index contributed by atoms with van der Waals surface area (Å²) in [6.45, 7) is 5.93. The molecule has 0 rings (SSSR count). The van der Waals surface area contributed by atoms with E-state index in [2.05, 4.69) is 0 Å². The number of carbonyl (C=O) groups is 1. The van der Waals surface area contributed by atoms with Gasteiger partial charge in [0.05, 0.1) is 6.61 Å². The Morgan fingerprint density at radius 1 is 1.60 bits per heavy atom. The standard InChI is InChI=1S/C7H13ClO2/c1-4-10-7(9)6(8)5(2)3/h5-6H,4H2,1-3H3/t6-/m1/s1. The van der Waals surface area contributed by atoms with Crippen LogP contribution in [0.2, 0.25) is 0 Å². The number of rotatable bonds is 3. The molecule has 0 aliphatic heterocycles. The van der Waals surface area contributed by atoms with E-state index in [4.69, 9.17) is 16.3 Å². The van der Waals surface area contributed by atoms with Gasteiger partial charge in [-0.3, -0.25) is 4.79 Å². The summed E-state index contributed by atoms with van der Waals surface area (Å²) in [5.41, 5.74) is 0. The van der Waals surface area contributed by atoms with Crippen molar-refractivity contribution in [1.29, 1.82) is 0 Å². The van der Waals surface area contributed by atoms with Crippen LogP contribution in [-0.4, -0.2) is 18.0 Å². The maximum atomic E-state index is 10.8. The number of esters is 1. The quantitative estimate of drug-likeness (QED) is 0.470. The first-order valence-electron chi connectivity index (χ1n) is 3.40. The smallest absolute Gasteiger partial charge is 0.324 e. The average Bonchev–Trinajstić information content (AvgIpc) is 1.87. The van der Waals surface area contributed by atoms with Gasteiger partial charge in [0.2, 0.25) is 0 Å². The van der Waals surface area contributed by atoms with Gasteiger partial charge in [-0.15, -0.1) is 11.6 Å². The molecule has 0 aromatic rings. The lowest BCUT2D eigenvalue weighted by molar-refractivity contribution is -0.143. The maximum absolute atomic E-state index is 10.8. The van der Waals surface area contributed by atoms with E-state index in [0.29, 0.717) is 6.61 Å². The first kappa shape index (κ1) is 9.76. The Morgan fingerprint density at radius 3 is 2.40 bits per heavy atom. The van der Waals surface area contributed by atoms with Crippen LogP contribution in [-0.2, 0) is 9.53 Å². The highest BCUT2D eigenvalue weighted by Gasteiger charge is 2.19. The largest absolute Gasteiger partial charge is 0.465 e. The summed E-state index contributed by atoms with van der Waals surface area (Å²) in [5.74, 6) is -0.181. The molecule has 0 amide bonds. The van der Waals surface area contributed by atoms with Crippen molar-refractivity contribution in [3.05, 3.63) is 0 Å². The molecular formula is C7H13ClO2. The van der Waals surface area contributed by atoms with Crippen molar-refractivity contribution in [3.63, 3.8) is 0 Å². The number of hydrogen-bond acceptors (Lipinski definition) is 2. The molecule has 0 unspecified atom stereocenters. The molecule has 0 saturated carbocycles. The van der Waals surface area contributed by atoms with Crippen LogP contribution in [0.3, 0.4) is 0 Å². The van der Waals surface area contributed by atoms with Gasteiger partial charge >= 0.3 is 5.97 Å². The molecule has 0 aliphatic carbocycles. The molecule has 0 heterocycles. The van der Waals surface area contributed by atoms with Crippen molar-refractivity contribution >= 4 is 17.6 Å². The maximum Gasteiger partial charge on any atom is 0.324 e. The van der Waals surface area contributed by atoms with Crippen LogP contribution in [0, 0.1) is 5.92 Å². The molecule has 0 fully saturated rings. The van der Waals surface area contributed by atoms with E-state index in [0.717, 1.165) is 0 Å². The topological polar surface area (TPSA) is 26.3 Å². The molecule has 3 heteroatoms. The SMILES string of the molecule is CCOC(=O)[C@H](Cl)C(C)C. The fourth-order valence-corrected chi connectivity index (χ4v) is 0.557. The highest BCUT2D eigenvalue weighted by molar-refractivity contribution is 6.30. The van der Waals surface area contributed by atoms with E-state index in [-0.39, 0.29) is 11.9 Å². The van der Waals surface area contributed by atoms with Gasteiger partial charge in [-0.25, -0.2) is 0 Å². The second kappa shape index (κ2) is 4.56.